The van der Waals surface area contributed by atoms with Crippen molar-refractivity contribution >= 4 is 5.78 Å². The zero-order chi connectivity index (χ0) is 17.7. The van der Waals surface area contributed by atoms with Crippen molar-refractivity contribution in [2.24, 2.45) is 11.8 Å². The van der Waals surface area contributed by atoms with Gasteiger partial charge in [0.15, 0.2) is 0 Å². The molecule has 1 nitrogen and oxygen atoms in total. The summed E-state index contributed by atoms with van der Waals surface area (Å²) < 4.78 is 0. The molecule has 0 aromatic carbocycles. The van der Waals surface area contributed by atoms with Gasteiger partial charge in [-0.05, 0) is 83.0 Å². The lowest BCUT2D eigenvalue weighted by molar-refractivity contribution is -0.117. The quantitative estimate of drug-likeness (QED) is 0.289. The average molecular weight is 341 g/mol. The van der Waals surface area contributed by atoms with Crippen LogP contribution in [0.5, 0.6) is 0 Å². The number of allylic oxidation sites excluding steroid dienone is 8. The zero-order valence-electron chi connectivity index (χ0n) is 16.1. The topological polar surface area (TPSA) is 17.1 Å². The molecular weight excluding hydrogens is 304 g/mol. The number of hydrogen-bond donors (Lipinski definition) is 0. The third-order valence-electron chi connectivity index (χ3n) is 5.51. The van der Waals surface area contributed by atoms with Crippen molar-refractivity contribution in [2.75, 3.05) is 0 Å². The van der Waals surface area contributed by atoms with Gasteiger partial charge in [0.2, 0.25) is 0 Å². The first-order valence-corrected chi connectivity index (χ1v) is 10.4. The van der Waals surface area contributed by atoms with E-state index >= 15 is 0 Å². The first kappa shape index (κ1) is 19.9. The monoisotopic (exact) mass is 340 g/mol. The fraction of sp³-hybridized carbons (Fsp3) is 0.625. The number of Topliss-reactive ketones (excluding diaryl/α,β-unsaturated/α-hetero) is 1. The van der Waals surface area contributed by atoms with E-state index in [1.165, 1.54) is 63.4 Å². The summed E-state index contributed by atoms with van der Waals surface area (Å²) in [6.07, 6.45) is 30.9. The van der Waals surface area contributed by atoms with Crippen LogP contribution in [-0.4, -0.2) is 5.78 Å². The van der Waals surface area contributed by atoms with Crippen LogP contribution < -0.4 is 0 Å². The molecular formula is C24H36O. The standard InChI is InChI=1S/C24H36O/c1-21(25)13-6-2-3-10-17-23-19-12-20-24(23)18-11-5-9-16-22-14-7-4-8-15-22/h3,7,10-11,14-15,18,23-24H,2,4-6,8-9,12-13,16-17,19-20H2,1H3/b10-3-,18-11+/t23-,24?/m0/s1. The summed E-state index contributed by atoms with van der Waals surface area (Å²) >= 11 is 0. The molecule has 0 saturated heterocycles. The SMILES string of the molecule is CC(=O)CCC/C=C\C[C@H]1CCCC1/C=C/CCCC1=CCCC=C1. The maximum absolute atomic E-state index is 10.9. The van der Waals surface area contributed by atoms with E-state index < -0.39 is 0 Å². The molecule has 0 radical (unpaired) electrons. The minimum atomic E-state index is 0.310. The van der Waals surface area contributed by atoms with Crippen molar-refractivity contribution in [1.82, 2.24) is 0 Å². The number of unbranched alkanes of at least 4 members (excludes halogenated alkanes) is 2. The van der Waals surface area contributed by atoms with Crippen molar-refractivity contribution < 1.29 is 4.79 Å². The summed E-state index contributed by atoms with van der Waals surface area (Å²) in [4.78, 5) is 10.9. The third kappa shape index (κ3) is 8.52. The summed E-state index contributed by atoms with van der Waals surface area (Å²) in [5, 5.41) is 0. The van der Waals surface area contributed by atoms with E-state index in [1.54, 1.807) is 6.92 Å². The van der Waals surface area contributed by atoms with Crippen molar-refractivity contribution in [3.8, 4) is 0 Å². The molecule has 0 N–H and O–H groups in total. The molecule has 25 heavy (non-hydrogen) atoms. The van der Waals surface area contributed by atoms with Gasteiger partial charge in [-0.25, -0.2) is 0 Å². The molecule has 0 bridgehead atoms. The summed E-state index contributed by atoms with van der Waals surface area (Å²) in [7, 11) is 0. The Hall–Kier alpha value is -1.37. The molecule has 1 fully saturated rings. The smallest absolute Gasteiger partial charge is 0.129 e. The Kier molecular flexibility index (Phi) is 9.62. The lowest BCUT2D eigenvalue weighted by Crippen LogP contribution is -2.03. The molecule has 138 valence electrons. The van der Waals surface area contributed by atoms with Crippen LogP contribution in [0.3, 0.4) is 0 Å². The number of rotatable bonds is 11. The predicted molar refractivity (Wildman–Crippen MR) is 109 cm³/mol. The maximum Gasteiger partial charge on any atom is 0.129 e. The number of carbonyl (C=O) groups excluding carboxylic acids is 1. The Morgan fingerprint density at radius 1 is 1.12 bits per heavy atom. The summed E-state index contributed by atoms with van der Waals surface area (Å²) in [5.74, 6) is 1.94. The second-order valence-corrected chi connectivity index (χ2v) is 7.74. The highest BCUT2D eigenvalue weighted by Crippen LogP contribution is 2.35. The molecule has 0 aromatic rings. The number of carbonyl (C=O) groups is 1. The Bertz CT molecular complexity index is 506. The van der Waals surface area contributed by atoms with Crippen LogP contribution in [0, 0.1) is 11.8 Å². The molecule has 1 saturated carbocycles. The first-order valence-electron chi connectivity index (χ1n) is 10.4. The van der Waals surface area contributed by atoms with E-state index in [-0.39, 0.29) is 0 Å². The second-order valence-electron chi connectivity index (χ2n) is 7.74. The molecule has 0 aliphatic heterocycles. The normalized spacial score (nSPS) is 23.6. The van der Waals surface area contributed by atoms with Gasteiger partial charge in [-0.3, -0.25) is 0 Å². The minimum Gasteiger partial charge on any atom is -0.300 e. The number of ketones is 1. The Morgan fingerprint density at radius 3 is 2.80 bits per heavy atom. The van der Waals surface area contributed by atoms with Gasteiger partial charge in [0.05, 0.1) is 0 Å². The molecule has 1 unspecified atom stereocenters. The molecule has 1 heteroatoms. The third-order valence-corrected chi connectivity index (χ3v) is 5.51. The molecule has 0 spiro atoms. The van der Waals surface area contributed by atoms with Gasteiger partial charge in [0.1, 0.15) is 5.78 Å². The molecule has 2 aliphatic carbocycles. The summed E-state index contributed by atoms with van der Waals surface area (Å²) in [6.45, 7) is 1.68. The molecule has 2 aliphatic rings. The fourth-order valence-electron chi connectivity index (χ4n) is 4.02. The van der Waals surface area contributed by atoms with Crippen molar-refractivity contribution in [2.45, 2.75) is 84.0 Å². The van der Waals surface area contributed by atoms with Crippen LogP contribution in [0.25, 0.3) is 0 Å². The van der Waals surface area contributed by atoms with Gasteiger partial charge in [0, 0.05) is 6.42 Å². The van der Waals surface area contributed by atoms with E-state index in [2.05, 4.69) is 42.5 Å². The molecule has 0 aromatic heterocycles. The van der Waals surface area contributed by atoms with Crippen LogP contribution >= 0.6 is 0 Å². The first-order chi connectivity index (χ1) is 12.3. The molecule has 2 atom stereocenters. The van der Waals surface area contributed by atoms with Crippen molar-refractivity contribution in [3.63, 3.8) is 0 Å². The lowest BCUT2D eigenvalue weighted by atomic mass is 9.91. The highest BCUT2D eigenvalue weighted by molar-refractivity contribution is 5.75. The van der Waals surface area contributed by atoms with E-state index in [1.807, 2.05) is 0 Å². The summed E-state index contributed by atoms with van der Waals surface area (Å²) in [5.41, 5.74) is 1.54. The number of hydrogen-bond acceptors (Lipinski definition) is 1. The van der Waals surface area contributed by atoms with Gasteiger partial charge in [-0.15, -0.1) is 0 Å². The molecule has 0 heterocycles. The van der Waals surface area contributed by atoms with Crippen LogP contribution in [0.2, 0.25) is 0 Å². The highest BCUT2D eigenvalue weighted by atomic mass is 16.1. The van der Waals surface area contributed by atoms with E-state index in [0.717, 1.165) is 31.1 Å². The predicted octanol–water partition coefficient (Wildman–Crippen LogP) is 7.11. The largest absolute Gasteiger partial charge is 0.300 e. The highest BCUT2D eigenvalue weighted by Gasteiger charge is 2.23. The second kappa shape index (κ2) is 12.1. The van der Waals surface area contributed by atoms with Gasteiger partial charge in [0.25, 0.3) is 0 Å². The van der Waals surface area contributed by atoms with Crippen LogP contribution in [-0.2, 0) is 4.79 Å². The van der Waals surface area contributed by atoms with Crippen molar-refractivity contribution in [3.05, 3.63) is 48.1 Å². The average Bonchev–Trinajstić information content (AvgIpc) is 3.06. The van der Waals surface area contributed by atoms with Gasteiger partial charge in [-0.1, -0.05) is 54.5 Å². The van der Waals surface area contributed by atoms with E-state index in [9.17, 15) is 4.79 Å². The van der Waals surface area contributed by atoms with Crippen LogP contribution in [0.1, 0.15) is 84.0 Å². The van der Waals surface area contributed by atoms with Gasteiger partial charge in [-0.2, -0.15) is 0 Å². The van der Waals surface area contributed by atoms with Crippen LogP contribution in [0.4, 0.5) is 0 Å². The molecule has 0 amide bonds. The van der Waals surface area contributed by atoms with Gasteiger partial charge < -0.3 is 4.79 Å². The fourth-order valence-corrected chi connectivity index (χ4v) is 4.02. The Morgan fingerprint density at radius 2 is 2.00 bits per heavy atom. The van der Waals surface area contributed by atoms with Gasteiger partial charge >= 0.3 is 0 Å². The minimum absolute atomic E-state index is 0.310. The Balaban J connectivity index is 1.59. The van der Waals surface area contributed by atoms with E-state index in [4.69, 9.17) is 0 Å². The zero-order valence-corrected chi connectivity index (χ0v) is 16.1. The van der Waals surface area contributed by atoms with E-state index in [0.29, 0.717) is 5.78 Å². The maximum atomic E-state index is 10.9. The lowest BCUT2D eigenvalue weighted by Gasteiger charge is -2.14. The van der Waals surface area contributed by atoms with Crippen LogP contribution in [0.15, 0.2) is 48.1 Å². The Labute approximate surface area is 155 Å². The summed E-state index contributed by atoms with van der Waals surface area (Å²) in [6, 6.07) is 0. The van der Waals surface area contributed by atoms with Crippen molar-refractivity contribution in [1.29, 1.82) is 0 Å². The molecule has 2 rings (SSSR count).